The second-order valence-corrected chi connectivity index (χ2v) is 8.03. The highest BCUT2D eigenvalue weighted by molar-refractivity contribution is 7.89. The maximum atomic E-state index is 14.1. The second kappa shape index (κ2) is 6.83. The van der Waals surface area contributed by atoms with Gasteiger partial charge in [0.05, 0.1) is 0 Å². The summed E-state index contributed by atoms with van der Waals surface area (Å²) in [6.45, 7) is 1.99. The van der Waals surface area contributed by atoms with Gasteiger partial charge in [-0.05, 0) is 41.8 Å². The third-order valence-electron chi connectivity index (χ3n) is 4.13. The van der Waals surface area contributed by atoms with Crippen molar-refractivity contribution in [2.75, 3.05) is 0 Å². The Bertz CT molecular complexity index is 1030. The van der Waals surface area contributed by atoms with Crippen LogP contribution in [-0.2, 0) is 10.0 Å². The molecule has 0 heterocycles. The van der Waals surface area contributed by atoms with E-state index in [2.05, 4.69) is 0 Å². The molecular formula is C19H15F2NO2S2. The maximum absolute atomic E-state index is 14.1. The summed E-state index contributed by atoms with van der Waals surface area (Å²) in [5, 5.41) is 4.85. The Balaban J connectivity index is 1.95. The van der Waals surface area contributed by atoms with Crippen LogP contribution in [0.1, 0.15) is 22.6 Å². The Morgan fingerprint density at radius 1 is 1.08 bits per heavy atom. The van der Waals surface area contributed by atoms with Crippen molar-refractivity contribution in [1.29, 1.82) is 0 Å². The first-order chi connectivity index (χ1) is 12.2. The van der Waals surface area contributed by atoms with Crippen LogP contribution in [0.5, 0.6) is 0 Å². The second-order valence-electron chi connectivity index (χ2n) is 6.06. The minimum absolute atomic E-state index is 0.104. The highest BCUT2D eigenvalue weighted by Crippen LogP contribution is 2.31. The lowest BCUT2D eigenvalue weighted by Gasteiger charge is -2.18. The maximum Gasteiger partial charge on any atom is 0.243 e. The molecule has 0 aromatic heterocycles. The third kappa shape index (κ3) is 3.65. The molecule has 2 aromatic carbocycles. The first kappa shape index (κ1) is 18.6. The van der Waals surface area contributed by atoms with Crippen LogP contribution < -0.4 is 5.14 Å². The van der Waals surface area contributed by atoms with Crippen LogP contribution in [0.15, 0.2) is 59.5 Å². The van der Waals surface area contributed by atoms with Gasteiger partial charge in [0.2, 0.25) is 10.0 Å². The van der Waals surface area contributed by atoms with Crippen molar-refractivity contribution in [3.05, 3.63) is 83.0 Å². The number of primary sulfonamides is 1. The molecule has 0 spiro atoms. The zero-order valence-electron chi connectivity index (χ0n) is 13.7. The minimum Gasteiger partial charge on any atom is -0.224 e. The smallest absolute Gasteiger partial charge is 0.224 e. The first-order valence-corrected chi connectivity index (χ1v) is 9.65. The number of halogens is 2. The molecule has 0 saturated carbocycles. The molecule has 0 amide bonds. The van der Waals surface area contributed by atoms with Gasteiger partial charge < -0.3 is 0 Å². The number of nitrogens with two attached hydrogens (primary N) is 1. The summed E-state index contributed by atoms with van der Waals surface area (Å²) in [6.07, 6.45) is 5.22. The van der Waals surface area contributed by atoms with E-state index in [-0.39, 0.29) is 11.5 Å². The SMILES string of the molecule is Cc1ccc(C2C=CC(c3cc(F)c(S(N)(=O)=O)c(F)c3)=CC2=S)cc1. The Morgan fingerprint density at radius 2 is 1.65 bits per heavy atom. The molecule has 1 aliphatic rings. The van der Waals surface area contributed by atoms with E-state index in [1.165, 1.54) is 0 Å². The third-order valence-corrected chi connectivity index (χ3v) is 5.46. The van der Waals surface area contributed by atoms with Gasteiger partial charge in [-0.25, -0.2) is 22.3 Å². The van der Waals surface area contributed by atoms with Crippen molar-refractivity contribution in [3.63, 3.8) is 0 Å². The van der Waals surface area contributed by atoms with Crippen LogP contribution >= 0.6 is 12.2 Å². The minimum atomic E-state index is -4.48. The predicted molar refractivity (Wildman–Crippen MR) is 101 cm³/mol. The van der Waals surface area contributed by atoms with Gasteiger partial charge in [-0.15, -0.1) is 0 Å². The van der Waals surface area contributed by atoms with Crippen LogP contribution in [0.25, 0.3) is 5.57 Å². The Kier molecular flexibility index (Phi) is 4.88. The topological polar surface area (TPSA) is 60.2 Å². The molecule has 0 aliphatic heterocycles. The fraction of sp³-hybridized carbons (Fsp3) is 0.105. The van der Waals surface area contributed by atoms with Crippen LogP contribution in [0, 0.1) is 18.6 Å². The van der Waals surface area contributed by atoms with E-state index in [1.807, 2.05) is 37.3 Å². The fourth-order valence-corrected chi connectivity index (χ4v) is 3.82. The highest BCUT2D eigenvalue weighted by atomic mass is 32.2. The normalized spacial score (nSPS) is 17.3. The van der Waals surface area contributed by atoms with Crippen molar-refractivity contribution in [3.8, 4) is 0 Å². The summed E-state index contributed by atoms with van der Waals surface area (Å²) < 4.78 is 50.7. The molecule has 7 heteroatoms. The molecule has 1 atom stereocenters. The van der Waals surface area contributed by atoms with Gasteiger partial charge in [0, 0.05) is 10.8 Å². The number of allylic oxidation sites excluding steroid dienone is 4. The van der Waals surface area contributed by atoms with Crippen LogP contribution in [0.4, 0.5) is 8.78 Å². The van der Waals surface area contributed by atoms with E-state index < -0.39 is 26.6 Å². The average molecular weight is 391 g/mol. The van der Waals surface area contributed by atoms with Gasteiger partial charge in [0.25, 0.3) is 0 Å². The standard InChI is InChI=1S/C19H15F2NO2S2/c1-11-2-4-12(5-3-11)15-7-6-13(10-18(15)25)14-8-16(20)19(17(21)9-14)26(22,23)24/h2-10,15H,1H3,(H2,22,23,24). The lowest BCUT2D eigenvalue weighted by atomic mass is 9.87. The number of rotatable bonds is 3. The molecule has 3 rings (SSSR count). The Morgan fingerprint density at radius 3 is 2.15 bits per heavy atom. The summed E-state index contributed by atoms with van der Waals surface area (Å²) in [7, 11) is -4.48. The summed E-state index contributed by atoms with van der Waals surface area (Å²) >= 11 is 5.44. The van der Waals surface area contributed by atoms with Crippen molar-refractivity contribution in [2.45, 2.75) is 17.7 Å². The first-order valence-electron chi connectivity index (χ1n) is 7.69. The van der Waals surface area contributed by atoms with E-state index in [4.69, 9.17) is 17.4 Å². The average Bonchev–Trinajstić information content (AvgIpc) is 2.53. The summed E-state index contributed by atoms with van der Waals surface area (Å²) in [5.41, 5.74) is 2.84. The molecule has 2 N–H and O–H groups in total. The van der Waals surface area contributed by atoms with Gasteiger partial charge in [-0.1, -0.05) is 54.2 Å². The molecular weight excluding hydrogens is 376 g/mol. The number of aryl methyl sites for hydroxylation is 1. The highest BCUT2D eigenvalue weighted by Gasteiger charge is 2.23. The van der Waals surface area contributed by atoms with Crippen molar-refractivity contribution >= 4 is 32.7 Å². The molecule has 1 aliphatic carbocycles. The van der Waals surface area contributed by atoms with Gasteiger partial charge >= 0.3 is 0 Å². The summed E-state index contributed by atoms with van der Waals surface area (Å²) in [5.74, 6) is -2.57. The number of hydrogen-bond acceptors (Lipinski definition) is 3. The van der Waals surface area contributed by atoms with Crippen LogP contribution in [0.3, 0.4) is 0 Å². The quantitative estimate of drug-likeness (QED) is 0.804. The number of hydrogen-bond donors (Lipinski definition) is 1. The fourth-order valence-electron chi connectivity index (χ4n) is 2.81. The molecule has 3 nitrogen and oxygen atoms in total. The molecule has 0 fully saturated rings. The predicted octanol–water partition coefficient (Wildman–Crippen LogP) is 4.03. The summed E-state index contributed by atoms with van der Waals surface area (Å²) in [6, 6.07) is 9.82. The van der Waals surface area contributed by atoms with E-state index in [0.717, 1.165) is 23.3 Å². The van der Waals surface area contributed by atoms with Gasteiger partial charge in [-0.3, -0.25) is 0 Å². The van der Waals surface area contributed by atoms with Crippen molar-refractivity contribution in [2.24, 2.45) is 5.14 Å². The summed E-state index contributed by atoms with van der Waals surface area (Å²) in [4.78, 5) is -0.538. The monoisotopic (exact) mass is 391 g/mol. The van der Waals surface area contributed by atoms with Crippen LogP contribution in [-0.4, -0.2) is 13.3 Å². The van der Waals surface area contributed by atoms with E-state index in [1.54, 1.807) is 12.2 Å². The Hall–Kier alpha value is -2.22. The van der Waals surface area contributed by atoms with E-state index in [0.29, 0.717) is 10.4 Å². The number of sulfonamides is 1. The zero-order chi connectivity index (χ0) is 19.1. The number of thiocarbonyl (C=S) groups is 1. The van der Waals surface area contributed by atoms with Gasteiger partial charge in [0.1, 0.15) is 11.6 Å². The molecule has 1 unspecified atom stereocenters. The molecule has 134 valence electrons. The lowest BCUT2D eigenvalue weighted by Crippen LogP contribution is -2.16. The van der Waals surface area contributed by atoms with Gasteiger partial charge in [0.15, 0.2) is 4.90 Å². The molecule has 0 radical (unpaired) electrons. The zero-order valence-corrected chi connectivity index (χ0v) is 15.4. The number of benzene rings is 2. The largest absolute Gasteiger partial charge is 0.243 e. The van der Waals surface area contributed by atoms with Crippen LogP contribution in [0.2, 0.25) is 0 Å². The van der Waals surface area contributed by atoms with E-state index in [9.17, 15) is 17.2 Å². The van der Waals surface area contributed by atoms with E-state index >= 15 is 0 Å². The molecule has 26 heavy (non-hydrogen) atoms. The molecule has 0 bridgehead atoms. The van der Waals surface area contributed by atoms with Crippen molar-refractivity contribution < 1.29 is 17.2 Å². The van der Waals surface area contributed by atoms with Crippen molar-refractivity contribution in [1.82, 2.24) is 0 Å². The van der Waals surface area contributed by atoms with Gasteiger partial charge in [-0.2, -0.15) is 0 Å². The molecule has 0 saturated heterocycles. The Labute approximate surface area is 155 Å². The lowest BCUT2D eigenvalue weighted by molar-refractivity contribution is 0.519. The molecule has 2 aromatic rings.